The minimum Gasteiger partial charge on any atom is -0.504 e. The van der Waals surface area contributed by atoms with Crippen molar-refractivity contribution in [2.75, 3.05) is 0 Å². The van der Waals surface area contributed by atoms with Crippen molar-refractivity contribution in [3.05, 3.63) is 48.3 Å². The number of Topliss-reactive ketones (excluding diaryl/α,β-unsaturated/α-hetero) is 1. The van der Waals surface area contributed by atoms with Gasteiger partial charge >= 0.3 is 5.97 Å². The number of aromatic nitrogens is 1. The predicted molar refractivity (Wildman–Crippen MR) is 124 cm³/mol. The van der Waals surface area contributed by atoms with Gasteiger partial charge in [0.15, 0.2) is 9.71 Å². The molecule has 0 amide bonds. The lowest BCUT2D eigenvalue weighted by Gasteiger charge is -2.18. The highest BCUT2D eigenvalue weighted by Crippen LogP contribution is 2.33. The largest absolute Gasteiger partial charge is 0.504 e. The van der Waals surface area contributed by atoms with E-state index in [9.17, 15) is 24.9 Å². The number of hydrogen-bond acceptors (Lipinski definition) is 6. The van der Waals surface area contributed by atoms with Gasteiger partial charge in [-0.25, -0.2) is 4.79 Å². The summed E-state index contributed by atoms with van der Waals surface area (Å²) in [6, 6.07) is 2.78. The van der Waals surface area contributed by atoms with Crippen LogP contribution in [0.3, 0.4) is 0 Å². The first kappa shape index (κ1) is 23.0. The Morgan fingerprint density at radius 1 is 1.19 bits per heavy atom. The molecule has 1 aliphatic rings. The molecule has 1 atom stereocenters. The predicted octanol–water partition coefficient (Wildman–Crippen LogP) is 3.69. The first-order chi connectivity index (χ1) is 14.4. The first-order valence-electron chi connectivity index (χ1n) is 9.93. The number of carbonyl (C=O) groups excluding carboxylic acids is 1. The highest BCUT2D eigenvalue weighted by Gasteiger charge is 2.28. The molecule has 8 heteroatoms. The summed E-state index contributed by atoms with van der Waals surface area (Å²) in [6.07, 6.45) is 3.20. The molecule has 2 aromatic rings. The fourth-order valence-electron chi connectivity index (χ4n) is 3.87. The van der Waals surface area contributed by atoms with Gasteiger partial charge in [-0.15, -0.1) is 11.3 Å². The van der Waals surface area contributed by atoms with Crippen molar-refractivity contribution in [2.24, 2.45) is 11.8 Å². The molecule has 0 saturated carbocycles. The molecular formula is C23H25NO5S2. The molecule has 1 aromatic carbocycles. The van der Waals surface area contributed by atoms with Crippen LogP contribution in [-0.4, -0.2) is 31.6 Å². The van der Waals surface area contributed by atoms with Crippen molar-refractivity contribution in [2.45, 2.75) is 40.7 Å². The van der Waals surface area contributed by atoms with Crippen LogP contribution in [0.5, 0.6) is 5.88 Å². The SMILES string of the molecule is Cc1cc2c(c/c1=C\c1sc(=S)n(C(C(=O)O)C(C)C)c1O)C=C(O)C(=O)C=2C(C)C. The van der Waals surface area contributed by atoms with E-state index in [-0.39, 0.29) is 33.2 Å². The number of thiazole rings is 1. The van der Waals surface area contributed by atoms with E-state index < -0.39 is 12.0 Å². The smallest absolute Gasteiger partial charge is 0.327 e. The topological polar surface area (TPSA) is 99.8 Å². The minimum absolute atomic E-state index is 0.0524. The second-order valence-electron chi connectivity index (χ2n) is 8.32. The van der Waals surface area contributed by atoms with Crippen LogP contribution in [0.2, 0.25) is 0 Å². The minimum atomic E-state index is -1.06. The number of aliphatic hydroxyl groups excluding tert-OH is 1. The van der Waals surface area contributed by atoms with E-state index in [1.54, 1.807) is 19.9 Å². The fourth-order valence-corrected chi connectivity index (χ4v) is 5.20. The standard InChI is InChI=1S/C23H25NO5S2/c1-10(2)18-15-6-12(5)13(7-14(15)8-16(25)20(18)26)9-17-21(27)24(23(30)31-17)19(11(3)4)22(28)29/h6-11,19,25,27H,1-5H3,(H,28,29)/b13-9+. The molecular weight excluding hydrogens is 434 g/mol. The number of hydrogen-bond donors (Lipinski definition) is 3. The van der Waals surface area contributed by atoms with Crippen LogP contribution in [0.4, 0.5) is 0 Å². The van der Waals surface area contributed by atoms with Gasteiger partial charge in [-0.2, -0.15) is 0 Å². The number of aryl methyl sites for hydroxylation is 1. The fraction of sp³-hybridized carbons (Fsp3) is 0.348. The molecule has 1 aromatic heterocycles. The molecule has 0 spiro atoms. The Balaban J connectivity index is 2.26. The molecule has 1 aliphatic carbocycles. The number of carboxylic acids is 1. The molecule has 0 saturated heterocycles. The van der Waals surface area contributed by atoms with Gasteiger partial charge in [0, 0.05) is 5.57 Å². The van der Waals surface area contributed by atoms with Gasteiger partial charge in [0.2, 0.25) is 11.7 Å². The summed E-state index contributed by atoms with van der Waals surface area (Å²) in [5, 5.41) is 32.0. The third-order valence-electron chi connectivity index (χ3n) is 5.37. The Bertz CT molecular complexity index is 1290. The number of aliphatic carboxylic acids is 1. The lowest BCUT2D eigenvalue weighted by Crippen LogP contribution is -2.28. The van der Waals surface area contributed by atoms with Crippen molar-refractivity contribution >= 4 is 53.0 Å². The zero-order valence-electron chi connectivity index (χ0n) is 18.0. The molecule has 0 aliphatic heterocycles. The molecule has 164 valence electrons. The van der Waals surface area contributed by atoms with Gasteiger partial charge in [0.1, 0.15) is 6.04 Å². The van der Waals surface area contributed by atoms with E-state index in [1.807, 2.05) is 32.9 Å². The van der Waals surface area contributed by atoms with Crippen LogP contribution in [0.1, 0.15) is 49.7 Å². The molecule has 0 fully saturated rings. The van der Waals surface area contributed by atoms with E-state index in [4.69, 9.17) is 12.2 Å². The first-order valence-corrected chi connectivity index (χ1v) is 11.2. The zero-order chi connectivity index (χ0) is 23.2. The molecule has 31 heavy (non-hydrogen) atoms. The van der Waals surface area contributed by atoms with Crippen molar-refractivity contribution in [1.82, 2.24) is 4.57 Å². The van der Waals surface area contributed by atoms with Gasteiger partial charge < -0.3 is 15.3 Å². The number of allylic oxidation sites excluding steroid dienone is 1. The Kier molecular flexibility index (Phi) is 6.25. The number of benzene rings is 1. The van der Waals surface area contributed by atoms with E-state index in [1.165, 1.54) is 10.6 Å². The normalized spacial score (nSPS) is 15.5. The van der Waals surface area contributed by atoms with E-state index in [0.717, 1.165) is 27.3 Å². The Labute approximate surface area is 189 Å². The van der Waals surface area contributed by atoms with E-state index >= 15 is 0 Å². The second-order valence-corrected chi connectivity index (χ2v) is 10.00. The number of aliphatic hydroxyl groups is 1. The Morgan fingerprint density at radius 2 is 1.84 bits per heavy atom. The lowest BCUT2D eigenvalue weighted by molar-refractivity contribution is -0.142. The molecule has 0 bridgehead atoms. The van der Waals surface area contributed by atoms with E-state index in [2.05, 4.69) is 0 Å². The molecule has 1 heterocycles. The zero-order valence-corrected chi connectivity index (χ0v) is 19.6. The van der Waals surface area contributed by atoms with Crippen LogP contribution < -0.4 is 10.4 Å². The maximum Gasteiger partial charge on any atom is 0.327 e. The molecule has 3 N–H and O–H groups in total. The summed E-state index contributed by atoms with van der Waals surface area (Å²) in [6.45, 7) is 9.24. The number of nitrogens with zero attached hydrogens (tertiary/aromatic N) is 1. The van der Waals surface area contributed by atoms with Gasteiger partial charge in [0.05, 0.1) is 4.88 Å². The summed E-state index contributed by atoms with van der Waals surface area (Å²) in [5.41, 5.74) is 2.16. The second kappa shape index (κ2) is 8.43. The average Bonchev–Trinajstić information content (AvgIpc) is 2.91. The number of rotatable bonds is 5. The summed E-state index contributed by atoms with van der Waals surface area (Å²) in [5.74, 6) is -2.22. The third-order valence-corrected chi connectivity index (χ3v) is 6.71. The van der Waals surface area contributed by atoms with Crippen molar-refractivity contribution in [3.63, 3.8) is 0 Å². The summed E-state index contributed by atoms with van der Waals surface area (Å²) in [7, 11) is 0. The van der Waals surface area contributed by atoms with Gasteiger partial charge in [-0.05, 0) is 70.8 Å². The van der Waals surface area contributed by atoms with Crippen LogP contribution in [0, 0.1) is 22.7 Å². The van der Waals surface area contributed by atoms with Gasteiger partial charge in [0.25, 0.3) is 0 Å². The van der Waals surface area contributed by atoms with Crippen molar-refractivity contribution in [1.29, 1.82) is 0 Å². The van der Waals surface area contributed by atoms with Crippen LogP contribution in [0.25, 0.3) is 17.7 Å². The van der Waals surface area contributed by atoms with Gasteiger partial charge in [-0.1, -0.05) is 33.8 Å². The monoisotopic (exact) mass is 459 g/mol. The number of carbonyl (C=O) groups is 2. The Morgan fingerprint density at radius 3 is 2.39 bits per heavy atom. The maximum absolute atomic E-state index is 12.4. The van der Waals surface area contributed by atoms with Crippen LogP contribution in [0.15, 0.2) is 17.9 Å². The maximum atomic E-state index is 12.4. The number of ketones is 1. The molecule has 3 rings (SSSR count). The summed E-state index contributed by atoms with van der Waals surface area (Å²) >= 11 is 6.48. The quantitative estimate of drug-likeness (QED) is 0.590. The molecule has 1 unspecified atom stereocenters. The Hall–Kier alpha value is -2.71. The molecule has 6 nitrogen and oxygen atoms in total. The molecule has 0 radical (unpaired) electrons. The lowest BCUT2D eigenvalue weighted by atomic mass is 9.88. The average molecular weight is 460 g/mol. The van der Waals surface area contributed by atoms with Crippen molar-refractivity contribution in [3.8, 4) is 5.88 Å². The highest BCUT2D eigenvalue weighted by atomic mass is 32.1. The highest BCUT2D eigenvalue weighted by molar-refractivity contribution is 7.73. The summed E-state index contributed by atoms with van der Waals surface area (Å²) in [4.78, 5) is 24.6. The van der Waals surface area contributed by atoms with Crippen LogP contribution in [-0.2, 0) is 9.59 Å². The van der Waals surface area contributed by atoms with E-state index in [0.29, 0.717) is 16.0 Å². The summed E-state index contributed by atoms with van der Waals surface area (Å²) < 4.78 is 1.56. The van der Waals surface area contributed by atoms with Crippen molar-refractivity contribution < 1.29 is 24.9 Å². The number of carboxylic acid groups (broad SMARTS) is 1. The number of aromatic hydroxyl groups is 1. The number of fused-ring (bicyclic) bond motifs is 1. The van der Waals surface area contributed by atoms with Gasteiger partial charge in [-0.3, -0.25) is 9.36 Å². The van der Waals surface area contributed by atoms with Crippen LogP contribution >= 0.6 is 23.6 Å². The third kappa shape index (κ3) is 4.09.